The Bertz CT molecular complexity index is 1480. The molecule has 26 nitrogen and oxygen atoms in total. The first-order valence-electron chi connectivity index (χ1n) is 21.9. The van der Waals surface area contributed by atoms with Gasteiger partial charge in [0.15, 0.2) is 18.9 Å². The zero-order valence-corrected chi connectivity index (χ0v) is 35.9. The Labute approximate surface area is 373 Å². The highest BCUT2D eigenvalue weighted by Gasteiger charge is 2.52. The topological polar surface area (TPSA) is 395 Å². The van der Waals surface area contributed by atoms with Gasteiger partial charge in [0.2, 0.25) is 0 Å². The van der Waals surface area contributed by atoms with E-state index in [-0.39, 0.29) is 38.8 Å². The molecule has 0 spiro atoms. The Kier molecular flexibility index (Phi) is 20.6. The fourth-order valence-electron chi connectivity index (χ4n) is 8.18. The van der Waals surface area contributed by atoms with E-state index in [0.29, 0.717) is 43.8 Å². The number of rotatable bonds is 22. The van der Waals surface area contributed by atoms with Gasteiger partial charge in [-0.05, 0) is 45.7 Å². The number of unbranched alkanes of at least 4 members (excludes halogenated alkanes) is 2. The van der Waals surface area contributed by atoms with Gasteiger partial charge in [0.25, 0.3) is 11.8 Å². The quantitative estimate of drug-likeness (QED) is 0.0354. The first kappa shape index (κ1) is 53.7. The maximum Gasteiger partial charge on any atom is 0.333 e. The molecule has 5 heterocycles. The van der Waals surface area contributed by atoms with Crippen molar-refractivity contribution >= 4 is 17.8 Å². The van der Waals surface area contributed by atoms with Gasteiger partial charge in [-0.15, -0.1) is 5.06 Å². The third kappa shape index (κ3) is 13.5. The lowest BCUT2D eigenvalue weighted by Crippen LogP contribution is -2.65. The number of hydrogen-bond donors (Lipinski definition) is 13. The number of nitrogens with zero attached hydrogens (tertiary/aromatic N) is 2. The van der Waals surface area contributed by atoms with Crippen molar-refractivity contribution in [1.82, 2.24) is 9.96 Å². The van der Waals surface area contributed by atoms with Crippen molar-refractivity contribution in [1.29, 1.82) is 0 Å². The minimum atomic E-state index is -1.94. The number of amides is 2. The van der Waals surface area contributed by atoms with E-state index >= 15 is 0 Å². The molecule has 13 N–H and O–H groups in total. The maximum atomic E-state index is 12.3. The molecule has 5 aliphatic heterocycles. The van der Waals surface area contributed by atoms with Crippen LogP contribution in [0, 0.1) is 0 Å². The predicted octanol–water partition coefficient (Wildman–Crippen LogP) is -7.43. The molecule has 5 fully saturated rings. The van der Waals surface area contributed by atoms with E-state index in [1.807, 2.05) is 4.90 Å². The molecular formula is C39H66N2O24. The molecule has 26 heteroatoms. The number of hydrogen-bond acceptors (Lipinski definition) is 25. The molecule has 2 amide bonds. The monoisotopic (exact) mass is 946 g/mol. The normalized spacial score (nSPS) is 41.6. The molecule has 0 aliphatic carbocycles. The number of carbonyl (C=O) groups excluding carboxylic acids is 3. The van der Waals surface area contributed by atoms with Gasteiger partial charge < -0.3 is 109 Å². The zero-order valence-electron chi connectivity index (χ0n) is 35.9. The van der Waals surface area contributed by atoms with Crippen molar-refractivity contribution in [2.75, 3.05) is 46.1 Å². The molecule has 376 valence electrons. The van der Waals surface area contributed by atoms with E-state index in [0.717, 1.165) is 0 Å². The number of hydroxylamine groups is 2. The summed E-state index contributed by atoms with van der Waals surface area (Å²) in [7, 11) is 0. The van der Waals surface area contributed by atoms with E-state index < -0.39 is 160 Å². The lowest BCUT2D eigenvalue weighted by atomic mass is 9.93. The number of imide groups is 1. The van der Waals surface area contributed by atoms with Crippen molar-refractivity contribution < 1.29 is 119 Å². The summed E-state index contributed by atoms with van der Waals surface area (Å²) in [5.74, 6) is -1.93. The largest absolute Gasteiger partial charge is 0.394 e. The molecule has 5 aliphatic rings. The fraction of sp³-hybridized carbons (Fsp3) is 0.923. The second kappa shape index (κ2) is 24.9. The highest BCUT2D eigenvalue weighted by Crippen LogP contribution is 2.31. The van der Waals surface area contributed by atoms with Crippen LogP contribution in [0.2, 0.25) is 0 Å². The molecule has 65 heavy (non-hydrogen) atoms. The summed E-state index contributed by atoms with van der Waals surface area (Å²) >= 11 is 0. The summed E-state index contributed by atoms with van der Waals surface area (Å²) in [5, 5.41) is 136. The Balaban J connectivity index is 1.23. The fourth-order valence-corrected chi connectivity index (χ4v) is 8.18. The van der Waals surface area contributed by atoms with Gasteiger partial charge in [0.05, 0.1) is 38.6 Å². The first-order chi connectivity index (χ1) is 30.9. The van der Waals surface area contributed by atoms with E-state index in [4.69, 9.17) is 38.0 Å². The Morgan fingerprint density at radius 2 is 1.12 bits per heavy atom. The van der Waals surface area contributed by atoms with Crippen LogP contribution >= 0.6 is 0 Å². The highest BCUT2D eigenvalue weighted by molar-refractivity contribution is 6.01. The van der Waals surface area contributed by atoms with Crippen LogP contribution in [0.15, 0.2) is 0 Å². The van der Waals surface area contributed by atoms with Crippen molar-refractivity contribution in [3.63, 3.8) is 0 Å². The molecule has 0 radical (unpaired) electrons. The van der Waals surface area contributed by atoms with Gasteiger partial charge in [-0.1, -0.05) is 6.42 Å². The van der Waals surface area contributed by atoms with Crippen LogP contribution in [0.25, 0.3) is 0 Å². The molecule has 5 saturated heterocycles. The summed E-state index contributed by atoms with van der Waals surface area (Å²) in [6, 6.07) is 0. The first-order valence-corrected chi connectivity index (χ1v) is 21.9. The van der Waals surface area contributed by atoms with E-state index in [1.54, 1.807) is 6.92 Å². The summed E-state index contributed by atoms with van der Waals surface area (Å²) in [6.07, 6.45) is -29.3. The average molecular weight is 947 g/mol. The Morgan fingerprint density at radius 3 is 1.75 bits per heavy atom. The van der Waals surface area contributed by atoms with Gasteiger partial charge in [-0.25, -0.2) is 4.79 Å². The summed E-state index contributed by atoms with van der Waals surface area (Å²) in [6.45, 7) is 0.119. The third-order valence-electron chi connectivity index (χ3n) is 12.2. The number of carbonyl (C=O) groups is 3. The minimum absolute atomic E-state index is 0.0378. The number of ether oxygens (including phenoxy) is 7. The summed E-state index contributed by atoms with van der Waals surface area (Å²) in [5.41, 5.74) is 0. The van der Waals surface area contributed by atoms with Gasteiger partial charge in [-0.2, -0.15) is 0 Å². The van der Waals surface area contributed by atoms with Crippen LogP contribution in [0.4, 0.5) is 0 Å². The van der Waals surface area contributed by atoms with Gasteiger partial charge in [-0.3, -0.25) is 9.59 Å². The molecular weight excluding hydrogens is 880 g/mol. The Morgan fingerprint density at radius 1 is 0.585 bits per heavy atom. The molecule has 0 bridgehead atoms. The summed E-state index contributed by atoms with van der Waals surface area (Å²) < 4.78 is 39.8. The molecule has 0 aromatic rings. The van der Waals surface area contributed by atoms with E-state index in [9.17, 15) is 80.8 Å². The van der Waals surface area contributed by atoms with Crippen molar-refractivity contribution in [2.45, 2.75) is 181 Å². The van der Waals surface area contributed by atoms with E-state index in [2.05, 4.69) is 0 Å². The Hall–Kier alpha value is -2.23. The molecule has 0 aromatic heterocycles. The van der Waals surface area contributed by atoms with Crippen LogP contribution < -0.4 is 0 Å². The number of aliphatic hydroxyl groups excluding tert-OH is 13. The third-order valence-corrected chi connectivity index (χ3v) is 12.2. The van der Waals surface area contributed by atoms with Crippen molar-refractivity contribution in [3.8, 4) is 0 Å². The lowest BCUT2D eigenvalue weighted by Gasteiger charge is -2.46. The molecule has 5 rings (SSSR count). The zero-order chi connectivity index (χ0) is 47.7. The van der Waals surface area contributed by atoms with Crippen molar-refractivity contribution in [3.05, 3.63) is 0 Å². The molecule has 1 unspecified atom stereocenters. The molecule has 0 saturated carbocycles. The lowest BCUT2D eigenvalue weighted by molar-refractivity contribution is -0.366. The smallest absolute Gasteiger partial charge is 0.333 e. The van der Waals surface area contributed by atoms with Crippen LogP contribution in [-0.4, -0.2) is 263 Å². The number of aliphatic hydroxyl groups is 13. The van der Waals surface area contributed by atoms with Crippen molar-refractivity contribution in [2.24, 2.45) is 0 Å². The van der Waals surface area contributed by atoms with Crippen LogP contribution in [-0.2, 0) is 52.4 Å². The SMILES string of the molecule is C[C@@H]1O[C@@H](CCCN(CCCCCC(=O)ON2C(=O)CCC2=O)CCO[C@H]2OC(CO[C@H]3O[C@H](CO)[C@@H](O)[C@H](O)[C@@H]3O)[C@@H](O)[C@H](O[C@H]3O[C@H](CO)[C@@H](O)[C@H](O)[C@@H]3O)[C@@H]2O)[C@@H](O)[C@H](O)[C@@H]1O. The van der Waals surface area contributed by atoms with Gasteiger partial charge in [0.1, 0.15) is 91.6 Å². The highest BCUT2D eigenvalue weighted by atomic mass is 16.8. The minimum Gasteiger partial charge on any atom is -0.394 e. The van der Waals surface area contributed by atoms with E-state index in [1.165, 1.54) is 0 Å². The average Bonchev–Trinajstić information content (AvgIpc) is 3.60. The second-order valence-electron chi connectivity index (χ2n) is 16.9. The predicted molar refractivity (Wildman–Crippen MR) is 209 cm³/mol. The maximum absolute atomic E-state index is 12.3. The van der Waals surface area contributed by atoms with Gasteiger partial charge in [0, 0.05) is 25.8 Å². The molecule has 0 aromatic carbocycles. The second-order valence-corrected chi connectivity index (χ2v) is 16.9. The summed E-state index contributed by atoms with van der Waals surface area (Å²) in [4.78, 5) is 42.8. The van der Waals surface area contributed by atoms with Crippen LogP contribution in [0.1, 0.15) is 58.3 Å². The van der Waals surface area contributed by atoms with Crippen LogP contribution in [0.3, 0.4) is 0 Å². The standard InChI is InChI=1S/C39H66N2O24/c1-17-25(47)30(52)26(48)18(60-17)6-5-11-40(10-4-2-3-7-24(46)65-41-22(44)8-9-23(41)45)12-13-58-38-35(57)36(64-39-34(56)32(54)28(50)20(15-43)62-39)29(51)21(63-38)16-59-37-33(55)31(53)27(49)19(14-42)61-37/h17-21,25-39,42-43,47-57H,2-16H2,1H3/t17-,18-,19+,20+,21?,25+,26+,27+,28+,29+,30+,31-,32-,33-,34-,35-,36-,37-,38-,39+/m0/s1. The molecule has 20 atom stereocenters. The van der Waals surface area contributed by atoms with Crippen LogP contribution in [0.5, 0.6) is 0 Å². The van der Waals surface area contributed by atoms with Gasteiger partial charge >= 0.3 is 5.97 Å².